The Labute approximate surface area is 138 Å². The molecule has 120 valence electrons. The van der Waals surface area contributed by atoms with Gasteiger partial charge in [-0.25, -0.2) is 9.78 Å². The fourth-order valence-electron chi connectivity index (χ4n) is 2.23. The van der Waals surface area contributed by atoms with Crippen LogP contribution in [0.2, 0.25) is 0 Å². The van der Waals surface area contributed by atoms with Gasteiger partial charge in [0.1, 0.15) is 11.1 Å². The average Bonchev–Trinajstić information content (AvgIpc) is 2.92. The van der Waals surface area contributed by atoms with Gasteiger partial charge in [0.15, 0.2) is 5.78 Å². The molecule has 2 heterocycles. The molecule has 0 radical (unpaired) electrons. The van der Waals surface area contributed by atoms with Crippen LogP contribution in [0.1, 0.15) is 35.5 Å². The van der Waals surface area contributed by atoms with Crippen LogP contribution < -0.4 is 5.32 Å². The highest BCUT2D eigenvalue weighted by Crippen LogP contribution is 2.28. The topological polar surface area (TPSA) is 103 Å². The molecule has 8 heteroatoms. The van der Waals surface area contributed by atoms with Crippen LogP contribution in [0.25, 0.3) is 0 Å². The summed E-state index contributed by atoms with van der Waals surface area (Å²) in [6, 6.07) is 3.09. The van der Waals surface area contributed by atoms with E-state index >= 15 is 0 Å². The number of carbonyl (C=O) groups excluding carboxylic acids is 3. The summed E-state index contributed by atoms with van der Waals surface area (Å²) >= 11 is 1.11. The predicted molar refractivity (Wildman–Crippen MR) is 84.1 cm³/mol. The van der Waals surface area contributed by atoms with Gasteiger partial charge < -0.3 is 5.32 Å². The van der Waals surface area contributed by atoms with Crippen molar-refractivity contribution < 1.29 is 14.4 Å². The first kappa shape index (κ1) is 17.0. The zero-order chi connectivity index (χ0) is 17.1. The van der Waals surface area contributed by atoms with Crippen molar-refractivity contribution in [2.75, 3.05) is 13.1 Å². The number of nitriles is 1. The van der Waals surface area contributed by atoms with Crippen molar-refractivity contribution in [2.24, 2.45) is 0 Å². The average molecular weight is 332 g/mol. The minimum atomic E-state index is -0.568. The second-order valence-corrected chi connectivity index (χ2v) is 6.45. The summed E-state index contributed by atoms with van der Waals surface area (Å²) in [6.07, 6.45) is 0. The highest BCUT2D eigenvalue weighted by molar-refractivity contribution is 8.00. The third kappa shape index (κ3) is 3.51. The van der Waals surface area contributed by atoms with Gasteiger partial charge in [-0.15, -0.1) is 0 Å². The number of thioether (sulfide) groups is 1. The molecule has 0 aromatic carbocycles. The lowest BCUT2D eigenvalue weighted by atomic mass is 10.1. The van der Waals surface area contributed by atoms with Crippen LogP contribution in [0.4, 0.5) is 4.79 Å². The largest absolute Gasteiger partial charge is 0.336 e. The zero-order valence-corrected chi connectivity index (χ0v) is 13.9. The summed E-state index contributed by atoms with van der Waals surface area (Å²) in [5.41, 5.74) is 1.15. The molecule has 1 atom stereocenters. The Hall–Kier alpha value is -2.40. The summed E-state index contributed by atoms with van der Waals surface area (Å²) in [7, 11) is 0. The first-order valence-electron chi connectivity index (χ1n) is 7.03. The summed E-state index contributed by atoms with van der Waals surface area (Å²) in [4.78, 5) is 40.8. The number of Topliss-reactive ketones (excluding diaryl/α,β-unsaturated/α-hetero) is 1. The van der Waals surface area contributed by atoms with Gasteiger partial charge in [0.25, 0.3) is 0 Å². The van der Waals surface area contributed by atoms with Crippen molar-refractivity contribution in [2.45, 2.75) is 31.0 Å². The predicted octanol–water partition coefficient (Wildman–Crippen LogP) is 1.50. The van der Waals surface area contributed by atoms with Gasteiger partial charge in [-0.2, -0.15) is 5.26 Å². The second-order valence-electron chi connectivity index (χ2n) is 5.12. The summed E-state index contributed by atoms with van der Waals surface area (Å²) in [6.45, 7) is 5.54. The normalized spacial score (nSPS) is 15.0. The van der Waals surface area contributed by atoms with Gasteiger partial charge in [-0.1, -0.05) is 11.8 Å². The van der Waals surface area contributed by atoms with Crippen molar-refractivity contribution in [3.05, 3.63) is 22.9 Å². The number of hydrogen-bond acceptors (Lipinski definition) is 6. The van der Waals surface area contributed by atoms with Gasteiger partial charge in [0.05, 0.1) is 10.8 Å². The molecule has 7 nitrogen and oxygen atoms in total. The molecule has 0 spiro atoms. The number of pyridine rings is 1. The standard InChI is InChI=1S/C15H16N4O3S/c1-8-12(9(2)20)6-11(7-16)13(18-8)23-10(3)14(21)19-5-4-17-15(19)22/h6,10H,4-5H2,1-3H3,(H,17,22)/t10-/m0/s1. The Kier molecular flexibility index (Phi) is 5.01. The molecule has 1 fully saturated rings. The molecular formula is C15H16N4O3S. The Morgan fingerprint density at radius 2 is 2.22 bits per heavy atom. The van der Waals surface area contributed by atoms with E-state index in [1.54, 1.807) is 13.8 Å². The van der Waals surface area contributed by atoms with Gasteiger partial charge in [0.2, 0.25) is 5.91 Å². The fraction of sp³-hybridized carbons (Fsp3) is 0.400. The number of carbonyl (C=O) groups is 3. The minimum Gasteiger partial charge on any atom is -0.336 e. The molecule has 0 aliphatic carbocycles. The molecular weight excluding hydrogens is 316 g/mol. The number of hydrogen-bond donors (Lipinski definition) is 1. The van der Waals surface area contributed by atoms with E-state index in [2.05, 4.69) is 10.3 Å². The van der Waals surface area contributed by atoms with E-state index in [1.807, 2.05) is 6.07 Å². The van der Waals surface area contributed by atoms with Crippen LogP contribution in [-0.4, -0.2) is 45.9 Å². The highest BCUT2D eigenvalue weighted by atomic mass is 32.2. The number of urea groups is 1. The number of aromatic nitrogens is 1. The molecule has 2 rings (SSSR count). The van der Waals surface area contributed by atoms with Gasteiger partial charge in [-0.3, -0.25) is 14.5 Å². The molecule has 0 unspecified atom stereocenters. The molecule has 1 aromatic heterocycles. The van der Waals surface area contributed by atoms with Crippen molar-refractivity contribution in [3.63, 3.8) is 0 Å². The third-order valence-electron chi connectivity index (χ3n) is 3.44. The Bertz CT molecular complexity index is 726. The zero-order valence-electron chi connectivity index (χ0n) is 13.0. The lowest BCUT2D eigenvalue weighted by molar-refractivity contribution is -0.126. The number of imide groups is 1. The maximum absolute atomic E-state index is 12.3. The lowest BCUT2D eigenvalue weighted by Crippen LogP contribution is -2.39. The summed E-state index contributed by atoms with van der Waals surface area (Å²) in [5, 5.41) is 11.6. The Balaban J connectivity index is 2.24. The van der Waals surface area contributed by atoms with E-state index in [0.29, 0.717) is 29.4 Å². The molecule has 1 aliphatic heterocycles. The number of nitrogens with zero attached hydrogens (tertiary/aromatic N) is 3. The van der Waals surface area contributed by atoms with Crippen LogP contribution in [0.3, 0.4) is 0 Å². The lowest BCUT2D eigenvalue weighted by Gasteiger charge is -2.17. The van der Waals surface area contributed by atoms with Gasteiger partial charge in [0, 0.05) is 24.3 Å². The van der Waals surface area contributed by atoms with E-state index in [-0.39, 0.29) is 17.3 Å². The van der Waals surface area contributed by atoms with Crippen LogP contribution >= 0.6 is 11.8 Å². The SMILES string of the molecule is CC(=O)c1cc(C#N)c(S[C@@H](C)C(=O)N2CCNC2=O)nc1C. The van der Waals surface area contributed by atoms with Crippen LogP contribution in [0.15, 0.2) is 11.1 Å². The fourth-order valence-corrected chi connectivity index (χ4v) is 3.21. The van der Waals surface area contributed by atoms with E-state index < -0.39 is 11.3 Å². The number of rotatable bonds is 4. The number of ketones is 1. The van der Waals surface area contributed by atoms with Crippen LogP contribution in [-0.2, 0) is 4.79 Å². The molecule has 3 amide bonds. The smallest absolute Gasteiger partial charge is 0.324 e. The first-order valence-corrected chi connectivity index (χ1v) is 7.91. The van der Waals surface area contributed by atoms with Gasteiger partial charge >= 0.3 is 6.03 Å². The number of nitrogens with one attached hydrogen (secondary N) is 1. The van der Waals surface area contributed by atoms with Crippen molar-refractivity contribution in [3.8, 4) is 6.07 Å². The molecule has 23 heavy (non-hydrogen) atoms. The maximum Gasteiger partial charge on any atom is 0.324 e. The number of amides is 3. The maximum atomic E-state index is 12.3. The molecule has 1 aliphatic rings. The quantitative estimate of drug-likeness (QED) is 0.662. The molecule has 1 saturated heterocycles. The minimum absolute atomic E-state index is 0.166. The second kappa shape index (κ2) is 6.79. The third-order valence-corrected chi connectivity index (χ3v) is 4.53. The van der Waals surface area contributed by atoms with Crippen LogP contribution in [0.5, 0.6) is 0 Å². The molecule has 1 aromatic rings. The Morgan fingerprint density at radius 1 is 1.52 bits per heavy atom. The molecule has 0 saturated carbocycles. The summed E-state index contributed by atoms with van der Waals surface area (Å²) < 4.78 is 0. The van der Waals surface area contributed by atoms with Crippen molar-refractivity contribution in [1.82, 2.24) is 15.2 Å². The monoisotopic (exact) mass is 332 g/mol. The molecule has 0 bridgehead atoms. The Morgan fingerprint density at radius 3 is 2.74 bits per heavy atom. The van der Waals surface area contributed by atoms with Crippen LogP contribution in [0, 0.1) is 18.3 Å². The molecule has 1 N–H and O–H groups in total. The van der Waals surface area contributed by atoms with Gasteiger partial charge in [-0.05, 0) is 26.8 Å². The van der Waals surface area contributed by atoms with Crippen molar-refractivity contribution >= 4 is 29.5 Å². The van der Waals surface area contributed by atoms with E-state index in [0.717, 1.165) is 16.7 Å². The van der Waals surface area contributed by atoms with E-state index in [4.69, 9.17) is 0 Å². The first-order chi connectivity index (χ1) is 10.8. The summed E-state index contributed by atoms with van der Waals surface area (Å²) in [5.74, 6) is -0.495. The highest BCUT2D eigenvalue weighted by Gasteiger charge is 2.31. The van der Waals surface area contributed by atoms with Crippen molar-refractivity contribution in [1.29, 1.82) is 5.26 Å². The number of aryl methyl sites for hydroxylation is 1. The van der Waals surface area contributed by atoms with E-state index in [9.17, 15) is 19.6 Å². The van der Waals surface area contributed by atoms with E-state index in [1.165, 1.54) is 13.0 Å².